The molecule has 0 saturated carbocycles. The van der Waals surface area contributed by atoms with Crippen LogP contribution in [-0.4, -0.2) is 48.0 Å². The summed E-state index contributed by atoms with van der Waals surface area (Å²) in [5.41, 5.74) is 2.43. The maximum Gasteiger partial charge on any atom is 0.221 e. The molecular weight excluding hydrogens is 352 g/mol. The molecule has 0 aliphatic rings. The van der Waals surface area contributed by atoms with Gasteiger partial charge >= 0.3 is 0 Å². The standard InChI is InChI=1S/C22H34N4O2/c1-4-25(3)17-20-16-19-10-6-7-11-21(19)26(20)15-12-22(28)24-14-9-5-8-13-23-18(2)27/h6-7,10-11,16H,4-5,8-9,12-15,17H2,1-3H3,(H,23,27)(H,24,28). The summed E-state index contributed by atoms with van der Waals surface area (Å²) in [6.07, 6.45) is 3.35. The molecular formula is C22H34N4O2. The number of para-hydroxylation sites is 1. The van der Waals surface area contributed by atoms with Gasteiger partial charge in [0, 0.05) is 50.7 Å². The van der Waals surface area contributed by atoms with Crippen LogP contribution < -0.4 is 10.6 Å². The smallest absolute Gasteiger partial charge is 0.221 e. The van der Waals surface area contributed by atoms with Gasteiger partial charge in [-0.3, -0.25) is 9.59 Å². The Morgan fingerprint density at radius 2 is 1.79 bits per heavy atom. The molecule has 0 unspecified atom stereocenters. The number of nitrogens with zero attached hydrogens (tertiary/aromatic N) is 2. The molecule has 6 heteroatoms. The Kier molecular flexibility index (Phi) is 9.01. The molecule has 2 rings (SSSR count). The van der Waals surface area contributed by atoms with Crippen molar-refractivity contribution in [2.24, 2.45) is 0 Å². The van der Waals surface area contributed by atoms with Crippen molar-refractivity contribution >= 4 is 22.7 Å². The van der Waals surface area contributed by atoms with E-state index < -0.39 is 0 Å². The molecule has 2 amide bonds. The second-order valence-electron chi connectivity index (χ2n) is 7.32. The first kappa shape index (κ1) is 22.0. The molecule has 2 N–H and O–H groups in total. The highest BCUT2D eigenvalue weighted by molar-refractivity contribution is 5.82. The van der Waals surface area contributed by atoms with E-state index in [1.54, 1.807) is 0 Å². The van der Waals surface area contributed by atoms with Crippen molar-refractivity contribution in [1.29, 1.82) is 0 Å². The summed E-state index contributed by atoms with van der Waals surface area (Å²) in [5, 5.41) is 7.02. The summed E-state index contributed by atoms with van der Waals surface area (Å²) < 4.78 is 2.27. The summed E-state index contributed by atoms with van der Waals surface area (Å²) in [6, 6.07) is 10.6. The molecule has 0 atom stereocenters. The lowest BCUT2D eigenvalue weighted by Crippen LogP contribution is -2.26. The minimum atomic E-state index is 0.00957. The number of aryl methyl sites for hydroxylation is 1. The van der Waals surface area contributed by atoms with Crippen LogP contribution in [0.25, 0.3) is 10.9 Å². The van der Waals surface area contributed by atoms with Crippen molar-refractivity contribution in [3.05, 3.63) is 36.0 Å². The number of rotatable bonds is 12. The Hall–Kier alpha value is -2.34. The number of benzene rings is 1. The quantitative estimate of drug-likeness (QED) is 0.551. The fourth-order valence-electron chi connectivity index (χ4n) is 3.27. The van der Waals surface area contributed by atoms with E-state index in [1.807, 2.05) is 6.07 Å². The van der Waals surface area contributed by atoms with Crippen molar-refractivity contribution in [2.45, 2.75) is 52.6 Å². The molecule has 2 aromatic rings. The average molecular weight is 387 g/mol. The second-order valence-corrected chi connectivity index (χ2v) is 7.32. The molecule has 0 bridgehead atoms. The first-order valence-corrected chi connectivity index (χ1v) is 10.3. The highest BCUT2D eigenvalue weighted by atomic mass is 16.2. The number of hydrogen-bond acceptors (Lipinski definition) is 3. The van der Waals surface area contributed by atoms with E-state index in [-0.39, 0.29) is 11.8 Å². The molecule has 28 heavy (non-hydrogen) atoms. The highest BCUT2D eigenvalue weighted by Crippen LogP contribution is 2.21. The molecule has 0 spiro atoms. The highest BCUT2D eigenvalue weighted by Gasteiger charge is 2.11. The van der Waals surface area contributed by atoms with Crippen LogP contribution >= 0.6 is 0 Å². The number of fused-ring (bicyclic) bond motifs is 1. The zero-order valence-electron chi connectivity index (χ0n) is 17.5. The van der Waals surface area contributed by atoms with E-state index >= 15 is 0 Å². The molecule has 0 aliphatic carbocycles. The lowest BCUT2D eigenvalue weighted by Gasteiger charge is -2.17. The topological polar surface area (TPSA) is 66.4 Å². The van der Waals surface area contributed by atoms with Crippen LogP contribution in [0, 0.1) is 0 Å². The molecule has 154 valence electrons. The van der Waals surface area contributed by atoms with Gasteiger partial charge in [-0.05, 0) is 50.4 Å². The maximum absolute atomic E-state index is 12.3. The van der Waals surface area contributed by atoms with Crippen LogP contribution in [0.3, 0.4) is 0 Å². The number of unbranched alkanes of at least 4 members (excludes halogenated alkanes) is 2. The molecule has 0 radical (unpaired) electrons. The van der Waals surface area contributed by atoms with E-state index in [0.717, 1.165) is 32.4 Å². The van der Waals surface area contributed by atoms with E-state index in [9.17, 15) is 9.59 Å². The Bertz CT molecular complexity index is 769. The van der Waals surface area contributed by atoms with Crippen LogP contribution in [0.2, 0.25) is 0 Å². The molecule has 0 aliphatic heterocycles. The monoisotopic (exact) mass is 386 g/mol. The SMILES string of the molecule is CCN(C)Cc1cc2ccccc2n1CCC(=O)NCCCCCNC(C)=O. The van der Waals surface area contributed by atoms with Gasteiger partial charge < -0.3 is 20.1 Å². The third-order valence-electron chi connectivity index (χ3n) is 4.98. The van der Waals surface area contributed by atoms with Gasteiger partial charge in [0.25, 0.3) is 0 Å². The Balaban J connectivity index is 1.81. The van der Waals surface area contributed by atoms with Crippen molar-refractivity contribution in [3.8, 4) is 0 Å². The van der Waals surface area contributed by atoms with Crippen molar-refractivity contribution in [2.75, 3.05) is 26.7 Å². The van der Waals surface area contributed by atoms with Crippen molar-refractivity contribution in [1.82, 2.24) is 20.1 Å². The number of hydrogen-bond donors (Lipinski definition) is 2. The van der Waals surface area contributed by atoms with Gasteiger partial charge in [-0.15, -0.1) is 0 Å². The third-order valence-corrected chi connectivity index (χ3v) is 4.98. The first-order valence-electron chi connectivity index (χ1n) is 10.3. The zero-order valence-corrected chi connectivity index (χ0v) is 17.5. The molecule has 1 heterocycles. The van der Waals surface area contributed by atoms with Gasteiger partial charge in [-0.2, -0.15) is 0 Å². The van der Waals surface area contributed by atoms with Gasteiger partial charge in [0.2, 0.25) is 11.8 Å². The normalized spacial score (nSPS) is 11.1. The van der Waals surface area contributed by atoms with Gasteiger partial charge in [0.15, 0.2) is 0 Å². The van der Waals surface area contributed by atoms with E-state index in [2.05, 4.69) is 58.3 Å². The zero-order chi connectivity index (χ0) is 20.4. The molecule has 1 aromatic carbocycles. The van der Waals surface area contributed by atoms with Gasteiger partial charge in [0.05, 0.1) is 0 Å². The number of carbonyl (C=O) groups excluding carboxylic acids is 2. The van der Waals surface area contributed by atoms with E-state index in [0.29, 0.717) is 26.1 Å². The largest absolute Gasteiger partial charge is 0.356 e. The van der Waals surface area contributed by atoms with Crippen LogP contribution in [-0.2, 0) is 22.7 Å². The Morgan fingerprint density at radius 3 is 2.50 bits per heavy atom. The number of amides is 2. The number of carbonyl (C=O) groups is 2. The van der Waals surface area contributed by atoms with Crippen LogP contribution in [0.15, 0.2) is 30.3 Å². The predicted molar refractivity (Wildman–Crippen MR) is 114 cm³/mol. The van der Waals surface area contributed by atoms with E-state index in [1.165, 1.54) is 23.5 Å². The second kappa shape index (κ2) is 11.5. The lowest BCUT2D eigenvalue weighted by atomic mass is 10.2. The molecule has 6 nitrogen and oxygen atoms in total. The summed E-state index contributed by atoms with van der Waals surface area (Å²) in [4.78, 5) is 25.3. The summed E-state index contributed by atoms with van der Waals surface area (Å²) >= 11 is 0. The van der Waals surface area contributed by atoms with Crippen molar-refractivity contribution < 1.29 is 9.59 Å². The minimum absolute atomic E-state index is 0.00957. The maximum atomic E-state index is 12.3. The van der Waals surface area contributed by atoms with Crippen LogP contribution in [0.1, 0.15) is 45.2 Å². The van der Waals surface area contributed by atoms with E-state index in [4.69, 9.17) is 0 Å². The predicted octanol–water partition coefficient (Wildman–Crippen LogP) is 2.91. The lowest BCUT2D eigenvalue weighted by molar-refractivity contribution is -0.121. The van der Waals surface area contributed by atoms with Gasteiger partial charge in [-0.1, -0.05) is 25.1 Å². The van der Waals surface area contributed by atoms with Gasteiger partial charge in [-0.25, -0.2) is 0 Å². The van der Waals surface area contributed by atoms with Crippen LogP contribution in [0.5, 0.6) is 0 Å². The first-order chi connectivity index (χ1) is 13.5. The molecule has 0 fully saturated rings. The fraction of sp³-hybridized carbons (Fsp3) is 0.545. The summed E-state index contributed by atoms with van der Waals surface area (Å²) in [5.74, 6) is 0.102. The summed E-state index contributed by atoms with van der Waals surface area (Å²) in [7, 11) is 2.11. The third kappa shape index (κ3) is 7.00. The summed E-state index contributed by atoms with van der Waals surface area (Å²) in [6.45, 7) is 7.63. The minimum Gasteiger partial charge on any atom is -0.356 e. The van der Waals surface area contributed by atoms with Crippen molar-refractivity contribution in [3.63, 3.8) is 0 Å². The molecule has 1 aromatic heterocycles. The van der Waals surface area contributed by atoms with Gasteiger partial charge in [0.1, 0.15) is 0 Å². The Morgan fingerprint density at radius 1 is 1.07 bits per heavy atom. The fourth-order valence-corrected chi connectivity index (χ4v) is 3.27. The number of nitrogens with one attached hydrogen (secondary N) is 2. The average Bonchev–Trinajstić information content (AvgIpc) is 3.02. The Labute approximate surface area is 168 Å². The van der Waals surface area contributed by atoms with Crippen LogP contribution in [0.4, 0.5) is 0 Å². The molecule has 0 saturated heterocycles. The number of aromatic nitrogens is 1.